The summed E-state index contributed by atoms with van der Waals surface area (Å²) in [7, 11) is 0. The van der Waals surface area contributed by atoms with E-state index in [1.54, 1.807) is 6.92 Å². The fraction of sp³-hybridized carbons (Fsp3) is 0.333. The molecule has 5 heteroatoms. The first-order chi connectivity index (χ1) is 14.1. The first kappa shape index (κ1) is 18.0. The zero-order valence-electron chi connectivity index (χ0n) is 16.8. The predicted molar refractivity (Wildman–Crippen MR) is 113 cm³/mol. The van der Waals surface area contributed by atoms with Crippen LogP contribution in [0, 0.1) is 0 Å². The van der Waals surface area contributed by atoms with Crippen molar-refractivity contribution in [2.75, 3.05) is 4.90 Å². The van der Waals surface area contributed by atoms with Crippen molar-refractivity contribution < 1.29 is 9.53 Å². The molecule has 1 atom stereocenters. The van der Waals surface area contributed by atoms with Crippen molar-refractivity contribution in [1.29, 1.82) is 0 Å². The van der Waals surface area contributed by atoms with Crippen LogP contribution in [0.4, 0.5) is 5.69 Å². The number of ether oxygens (including phenoxy) is 1. The molecule has 0 bridgehead atoms. The Labute approximate surface area is 170 Å². The summed E-state index contributed by atoms with van der Waals surface area (Å²) in [6.45, 7) is 3.74. The summed E-state index contributed by atoms with van der Waals surface area (Å²) in [5.74, 6) is 1.70. The Morgan fingerprint density at radius 2 is 1.90 bits per heavy atom. The van der Waals surface area contributed by atoms with Gasteiger partial charge >= 0.3 is 0 Å². The van der Waals surface area contributed by atoms with Crippen molar-refractivity contribution in [3.63, 3.8) is 0 Å². The Balaban J connectivity index is 1.65. The zero-order chi connectivity index (χ0) is 20.0. The second-order valence-electron chi connectivity index (χ2n) is 8.07. The van der Waals surface area contributed by atoms with Gasteiger partial charge in [-0.15, -0.1) is 0 Å². The molecule has 1 aliphatic heterocycles. The van der Waals surface area contributed by atoms with Crippen molar-refractivity contribution in [3.05, 3.63) is 60.4 Å². The summed E-state index contributed by atoms with van der Waals surface area (Å²) in [5, 5.41) is 4.57. The number of fused-ring (bicyclic) bond motifs is 1. The van der Waals surface area contributed by atoms with Crippen LogP contribution in [-0.2, 0) is 11.2 Å². The second-order valence-corrected chi connectivity index (χ2v) is 8.07. The van der Waals surface area contributed by atoms with E-state index < -0.39 is 0 Å². The number of benzene rings is 2. The monoisotopic (exact) mass is 387 g/mol. The van der Waals surface area contributed by atoms with Crippen molar-refractivity contribution in [2.45, 2.75) is 51.6 Å². The van der Waals surface area contributed by atoms with Gasteiger partial charge in [0.15, 0.2) is 0 Å². The fourth-order valence-corrected chi connectivity index (χ4v) is 4.25. The van der Waals surface area contributed by atoms with Crippen molar-refractivity contribution in [3.8, 4) is 22.6 Å². The SMILES string of the molecule is CC(=O)N1c2ccc(-c3cnn(C4CC4)c3)c(Oc3ccccc3)c2CC[C@@H]1C. The van der Waals surface area contributed by atoms with Crippen molar-refractivity contribution >= 4 is 11.6 Å². The molecular weight excluding hydrogens is 362 g/mol. The van der Waals surface area contributed by atoms with Gasteiger partial charge in [-0.2, -0.15) is 5.10 Å². The molecule has 2 heterocycles. The average Bonchev–Trinajstić information content (AvgIpc) is 3.46. The molecule has 0 radical (unpaired) electrons. The lowest BCUT2D eigenvalue weighted by molar-refractivity contribution is -0.117. The van der Waals surface area contributed by atoms with Gasteiger partial charge in [0.2, 0.25) is 5.91 Å². The van der Waals surface area contributed by atoms with Gasteiger partial charge in [0.1, 0.15) is 11.5 Å². The van der Waals surface area contributed by atoms with Gasteiger partial charge in [-0.05, 0) is 56.9 Å². The van der Waals surface area contributed by atoms with Crippen LogP contribution in [0.15, 0.2) is 54.9 Å². The molecule has 148 valence electrons. The minimum atomic E-state index is 0.0680. The molecular formula is C24H25N3O2. The van der Waals surface area contributed by atoms with Crippen LogP contribution in [0.1, 0.15) is 44.7 Å². The van der Waals surface area contributed by atoms with Gasteiger partial charge in [0.05, 0.1) is 17.9 Å². The summed E-state index contributed by atoms with van der Waals surface area (Å²) in [5.41, 5.74) is 4.13. The Morgan fingerprint density at radius 1 is 1.10 bits per heavy atom. The summed E-state index contributed by atoms with van der Waals surface area (Å²) in [4.78, 5) is 14.3. The van der Waals surface area contributed by atoms with Crippen LogP contribution in [-0.4, -0.2) is 21.7 Å². The summed E-state index contributed by atoms with van der Waals surface area (Å²) < 4.78 is 8.50. The third-order valence-corrected chi connectivity index (χ3v) is 5.88. The molecule has 1 aliphatic carbocycles. The summed E-state index contributed by atoms with van der Waals surface area (Å²) in [6.07, 6.45) is 8.24. The van der Waals surface area contributed by atoms with Crippen LogP contribution in [0.2, 0.25) is 0 Å². The quantitative estimate of drug-likeness (QED) is 0.605. The highest BCUT2D eigenvalue weighted by molar-refractivity contribution is 5.95. The number of para-hydroxylation sites is 1. The van der Waals surface area contributed by atoms with Crippen LogP contribution in [0.3, 0.4) is 0 Å². The number of aromatic nitrogens is 2. The van der Waals surface area contributed by atoms with Gasteiger partial charge in [-0.25, -0.2) is 0 Å². The predicted octanol–water partition coefficient (Wildman–Crippen LogP) is 5.36. The minimum absolute atomic E-state index is 0.0680. The Morgan fingerprint density at radius 3 is 2.62 bits per heavy atom. The van der Waals surface area contributed by atoms with Crippen LogP contribution in [0.25, 0.3) is 11.1 Å². The first-order valence-corrected chi connectivity index (χ1v) is 10.3. The van der Waals surface area contributed by atoms with E-state index in [4.69, 9.17) is 4.74 Å². The minimum Gasteiger partial charge on any atom is -0.456 e. The van der Waals surface area contributed by atoms with Crippen molar-refractivity contribution in [1.82, 2.24) is 9.78 Å². The van der Waals surface area contributed by atoms with E-state index in [-0.39, 0.29) is 11.9 Å². The number of hydrogen-bond donors (Lipinski definition) is 0. The highest BCUT2D eigenvalue weighted by Crippen LogP contribution is 2.45. The average molecular weight is 387 g/mol. The molecule has 1 aromatic heterocycles. The van der Waals surface area contributed by atoms with Gasteiger partial charge < -0.3 is 9.64 Å². The highest BCUT2D eigenvalue weighted by atomic mass is 16.5. The largest absolute Gasteiger partial charge is 0.456 e. The zero-order valence-corrected chi connectivity index (χ0v) is 16.8. The van der Waals surface area contributed by atoms with Crippen LogP contribution < -0.4 is 9.64 Å². The van der Waals surface area contributed by atoms with Gasteiger partial charge in [-0.3, -0.25) is 9.48 Å². The molecule has 1 saturated carbocycles. The number of carbonyl (C=O) groups is 1. The number of nitrogens with zero attached hydrogens (tertiary/aromatic N) is 3. The summed E-state index contributed by atoms with van der Waals surface area (Å²) in [6, 6.07) is 14.7. The van der Waals surface area contributed by atoms with E-state index in [0.717, 1.165) is 46.7 Å². The maximum Gasteiger partial charge on any atom is 0.224 e. The normalized spacial score (nSPS) is 18.4. The van der Waals surface area contributed by atoms with E-state index in [2.05, 4.69) is 35.0 Å². The van der Waals surface area contributed by atoms with E-state index in [0.29, 0.717) is 6.04 Å². The Kier molecular flexibility index (Phi) is 4.38. The maximum atomic E-state index is 12.4. The smallest absolute Gasteiger partial charge is 0.224 e. The molecule has 3 aromatic rings. The molecule has 1 amide bonds. The molecule has 29 heavy (non-hydrogen) atoms. The van der Waals surface area contributed by atoms with Gasteiger partial charge in [0.25, 0.3) is 0 Å². The third kappa shape index (κ3) is 3.31. The highest BCUT2D eigenvalue weighted by Gasteiger charge is 2.31. The van der Waals surface area contributed by atoms with E-state index in [1.165, 1.54) is 12.8 Å². The number of carbonyl (C=O) groups excluding carboxylic acids is 1. The molecule has 2 aliphatic rings. The lowest BCUT2D eigenvalue weighted by Gasteiger charge is -2.36. The first-order valence-electron chi connectivity index (χ1n) is 10.3. The number of hydrogen-bond acceptors (Lipinski definition) is 3. The third-order valence-electron chi connectivity index (χ3n) is 5.88. The topological polar surface area (TPSA) is 47.4 Å². The van der Waals surface area contributed by atoms with Gasteiger partial charge in [-0.1, -0.05) is 18.2 Å². The molecule has 5 rings (SSSR count). The van der Waals surface area contributed by atoms with Gasteiger partial charge in [0, 0.05) is 35.9 Å². The fourth-order valence-electron chi connectivity index (χ4n) is 4.25. The molecule has 0 N–H and O–H groups in total. The Hall–Kier alpha value is -3.08. The molecule has 0 unspecified atom stereocenters. The molecule has 2 aromatic carbocycles. The van der Waals surface area contributed by atoms with E-state index in [1.807, 2.05) is 41.4 Å². The van der Waals surface area contributed by atoms with E-state index in [9.17, 15) is 4.79 Å². The molecule has 0 saturated heterocycles. The number of amides is 1. The Bertz CT molecular complexity index is 1050. The van der Waals surface area contributed by atoms with Crippen LogP contribution in [0.5, 0.6) is 11.5 Å². The van der Waals surface area contributed by atoms with E-state index >= 15 is 0 Å². The molecule has 5 nitrogen and oxygen atoms in total. The molecule has 1 fully saturated rings. The standard InChI is InChI=1S/C24H25N3O2/c1-16-8-11-22-23(27(16)17(2)28)13-12-21(18-14-25-26(15-18)19-9-10-19)24(22)29-20-6-4-3-5-7-20/h3-7,12-16,19H,8-11H2,1-2H3/t16-/m0/s1. The number of anilines is 1. The lowest BCUT2D eigenvalue weighted by Crippen LogP contribution is -2.40. The molecule has 0 spiro atoms. The van der Waals surface area contributed by atoms with Crippen LogP contribution >= 0.6 is 0 Å². The lowest BCUT2D eigenvalue weighted by atomic mass is 9.92. The second kappa shape index (κ2) is 7.07. The summed E-state index contributed by atoms with van der Waals surface area (Å²) >= 11 is 0. The maximum absolute atomic E-state index is 12.4. The number of rotatable bonds is 4. The van der Waals surface area contributed by atoms with Crippen molar-refractivity contribution in [2.24, 2.45) is 0 Å².